The summed E-state index contributed by atoms with van der Waals surface area (Å²) in [5.74, 6) is -0.967. The molecular weight excluding hydrogens is 435 g/mol. The minimum absolute atomic E-state index is 0.156. The molecule has 0 bridgehead atoms. The number of fused-ring (bicyclic) bond motifs is 1. The summed E-state index contributed by atoms with van der Waals surface area (Å²) in [7, 11) is 3.46. The van der Waals surface area contributed by atoms with Gasteiger partial charge in [0.1, 0.15) is 5.75 Å². The molecule has 1 aliphatic heterocycles. The number of carbonyl (C=O) groups is 2. The lowest BCUT2D eigenvalue weighted by Crippen LogP contribution is -2.46. The lowest BCUT2D eigenvalue weighted by Gasteiger charge is -2.32. The van der Waals surface area contributed by atoms with Gasteiger partial charge >= 0.3 is 6.36 Å². The molecule has 1 aromatic heterocycles. The number of rotatable bonds is 7. The van der Waals surface area contributed by atoms with Crippen LogP contribution in [-0.2, 0) is 9.59 Å². The van der Waals surface area contributed by atoms with E-state index in [2.05, 4.69) is 20.4 Å². The van der Waals surface area contributed by atoms with Gasteiger partial charge in [-0.05, 0) is 45.1 Å². The largest absolute Gasteiger partial charge is 0.573 e. The zero-order valence-electron chi connectivity index (χ0n) is 17.2. The van der Waals surface area contributed by atoms with E-state index in [0.29, 0.717) is 16.3 Å². The van der Waals surface area contributed by atoms with E-state index >= 15 is 0 Å². The van der Waals surface area contributed by atoms with Crippen molar-refractivity contribution in [2.45, 2.75) is 25.2 Å². The normalized spacial score (nSPS) is 15.3. The molecule has 170 valence electrons. The second kappa shape index (κ2) is 9.79. The van der Waals surface area contributed by atoms with E-state index in [0.717, 1.165) is 43.3 Å². The van der Waals surface area contributed by atoms with Crippen LogP contribution in [0.4, 0.5) is 18.3 Å². The average Bonchev–Trinajstić information content (AvgIpc) is 3.08. The van der Waals surface area contributed by atoms with Crippen LogP contribution in [0.25, 0.3) is 10.2 Å². The number of hydrogen-bond acceptors (Lipinski definition) is 7. The number of hydrogen-bond donors (Lipinski definition) is 2. The number of carbonyl (C=O) groups excluding carboxylic acids is 2. The van der Waals surface area contributed by atoms with Crippen LogP contribution < -0.4 is 15.4 Å². The molecule has 0 radical (unpaired) electrons. The average molecular weight is 459 g/mol. The predicted octanol–water partition coefficient (Wildman–Crippen LogP) is 2.28. The highest BCUT2D eigenvalue weighted by molar-refractivity contribution is 7.22. The van der Waals surface area contributed by atoms with Gasteiger partial charge in [-0.3, -0.25) is 14.5 Å². The van der Waals surface area contributed by atoms with Gasteiger partial charge in [-0.2, -0.15) is 0 Å². The fourth-order valence-electron chi connectivity index (χ4n) is 3.33. The number of nitrogens with one attached hydrogen (secondary N) is 2. The summed E-state index contributed by atoms with van der Waals surface area (Å²) in [5.41, 5.74) is 0.433. The lowest BCUT2D eigenvalue weighted by atomic mass is 10.1. The monoisotopic (exact) mass is 459 g/mol. The van der Waals surface area contributed by atoms with Gasteiger partial charge in [0.15, 0.2) is 5.13 Å². The molecule has 1 aromatic carbocycles. The van der Waals surface area contributed by atoms with Gasteiger partial charge in [-0.1, -0.05) is 11.3 Å². The molecule has 0 unspecified atom stereocenters. The molecule has 0 aliphatic carbocycles. The van der Waals surface area contributed by atoms with Crippen molar-refractivity contribution in [3.05, 3.63) is 18.2 Å². The van der Waals surface area contributed by atoms with Crippen molar-refractivity contribution in [2.75, 3.05) is 45.6 Å². The highest BCUT2D eigenvalue weighted by Crippen LogP contribution is 2.31. The third kappa shape index (κ3) is 6.77. The van der Waals surface area contributed by atoms with Crippen molar-refractivity contribution in [2.24, 2.45) is 0 Å². The summed E-state index contributed by atoms with van der Waals surface area (Å²) in [6.07, 6.45) is -2.84. The summed E-state index contributed by atoms with van der Waals surface area (Å²) in [4.78, 5) is 32.3. The minimum atomic E-state index is -4.78. The summed E-state index contributed by atoms with van der Waals surface area (Å²) < 4.78 is 41.4. The van der Waals surface area contributed by atoms with Gasteiger partial charge in [0, 0.05) is 19.2 Å². The number of piperidine rings is 1. The Labute approximate surface area is 181 Å². The molecule has 1 aliphatic rings. The van der Waals surface area contributed by atoms with Crippen LogP contribution in [-0.4, -0.2) is 79.3 Å². The quantitative estimate of drug-likeness (QED) is 0.661. The van der Waals surface area contributed by atoms with Gasteiger partial charge in [-0.15, -0.1) is 13.2 Å². The van der Waals surface area contributed by atoms with Crippen molar-refractivity contribution < 1.29 is 27.5 Å². The van der Waals surface area contributed by atoms with Crippen LogP contribution in [0.15, 0.2) is 18.2 Å². The zero-order valence-corrected chi connectivity index (χ0v) is 18.0. The Morgan fingerprint density at radius 2 is 1.97 bits per heavy atom. The van der Waals surface area contributed by atoms with E-state index in [4.69, 9.17) is 0 Å². The standard InChI is InChI=1S/C19H24F3N5O3S/c1-26(12-5-7-23-8-6-12)11-17(29)27(2)10-16(28)25-18-24-14-4-3-13(9-15(14)31-18)30-19(20,21)22/h3-4,9,12,23H,5-8,10-11H2,1-2H3,(H,24,25,28). The van der Waals surface area contributed by atoms with Crippen molar-refractivity contribution >= 4 is 38.5 Å². The van der Waals surface area contributed by atoms with Crippen LogP contribution in [0, 0.1) is 0 Å². The first kappa shape index (κ1) is 23.2. The van der Waals surface area contributed by atoms with Gasteiger partial charge < -0.3 is 20.3 Å². The van der Waals surface area contributed by atoms with E-state index in [9.17, 15) is 22.8 Å². The van der Waals surface area contributed by atoms with Crippen molar-refractivity contribution in [3.63, 3.8) is 0 Å². The molecule has 12 heteroatoms. The Kier molecular flexibility index (Phi) is 7.34. The van der Waals surface area contributed by atoms with E-state index in [1.54, 1.807) is 7.05 Å². The van der Waals surface area contributed by atoms with Gasteiger partial charge in [-0.25, -0.2) is 4.98 Å². The Hall–Kier alpha value is -2.44. The maximum Gasteiger partial charge on any atom is 0.573 e. The van der Waals surface area contributed by atoms with Crippen molar-refractivity contribution in [3.8, 4) is 5.75 Å². The summed E-state index contributed by atoms with van der Waals surface area (Å²) in [6, 6.07) is 4.09. The molecule has 2 N–H and O–H groups in total. The number of nitrogens with zero attached hydrogens (tertiary/aromatic N) is 3. The van der Waals surface area contributed by atoms with Crippen molar-refractivity contribution in [1.29, 1.82) is 0 Å². The minimum Gasteiger partial charge on any atom is -0.406 e. The molecule has 8 nitrogen and oxygen atoms in total. The van der Waals surface area contributed by atoms with Gasteiger partial charge in [0.05, 0.1) is 23.3 Å². The number of likely N-dealkylation sites (N-methyl/N-ethyl adjacent to an activating group) is 2. The number of amides is 2. The Bertz CT molecular complexity index is 930. The zero-order chi connectivity index (χ0) is 22.6. The number of thiazole rings is 1. The maximum absolute atomic E-state index is 12.4. The van der Waals surface area contributed by atoms with E-state index < -0.39 is 12.3 Å². The predicted molar refractivity (Wildman–Crippen MR) is 111 cm³/mol. The Morgan fingerprint density at radius 3 is 2.65 bits per heavy atom. The number of halogens is 3. The number of aromatic nitrogens is 1. The Balaban J connectivity index is 1.53. The fraction of sp³-hybridized carbons (Fsp3) is 0.526. The van der Waals surface area contributed by atoms with Crippen LogP contribution in [0.3, 0.4) is 0 Å². The second-order valence-corrected chi connectivity index (χ2v) is 8.42. The molecule has 0 saturated carbocycles. The van der Waals surface area contributed by atoms with Crippen LogP contribution >= 0.6 is 11.3 Å². The number of ether oxygens (including phenoxy) is 1. The smallest absolute Gasteiger partial charge is 0.406 e. The van der Waals surface area contributed by atoms with Crippen LogP contribution in [0.5, 0.6) is 5.75 Å². The molecule has 0 spiro atoms. The first-order valence-corrected chi connectivity index (χ1v) is 10.5. The van der Waals surface area contributed by atoms with E-state index in [1.807, 2.05) is 11.9 Å². The Morgan fingerprint density at radius 1 is 1.26 bits per heavy atom. The fourth-order valence-corrected chi connectivity index (χ4v) is 4.24. The topological polar surface area (TPSA) is 86.8 Å². The summed E-state index contributed by atoms with van der Waals surface area (Å²) >= 11 is 1.02. The van der Waals surface area contributed by atoms with Gasteiger partial charge in [0.25, 0.3) is 0 Å². The van der Waals surface area contributed by atoms with Crippen LogP contribution in [0.2, 0.25) is 0 Å². The molecule has 0 atom stereocenters. The molecule has 2 aromatic rings. The first-order valence-electron chi connectivity index (χ1n) is 9.72. The maximum atomic E-state index is 12.4. The van der Waals surface area contributed by atoms with Gasteiger partial charge in [0.2, 0.25) is 11.8 Å². The summed E-state index contributed by atoms with van der Waals surface area (Å²) in [5, 5.41) is 6.10. The molecule has 2 amide bonds. The molecule has 1 fully saturated rings. The SMILES string of the molecule is CN(CC(=O)Nc1nc2ccc(OC(F)(F)F)cc2s1)C(=O)CN(C)C1CCNCC1. The molecule has 1 saturated heterocycles. The molecule has 3 rings (SSSR count). The summed E-state index contributed by atoms with van der Waals surface area (Å²) in [6.45, 7) is 1.91. The third-order valence-electron chi connectivity index (χ3n) is 4.96. The molecule has 2 heterocycles. The lowest BCUT2D eigenvalue weighted by molar-refractivity contribution is -0.274. The third-order valence-corrected chi connectivity index (χ3v) is 5.90. The van der Waals surface area contributed by atoms with Crippen molar-refractivity contribution in [1.82, 2.24) is 20.1 Å². The first-order chi connectivity index (χ1) is 14.6. The number of anilines is 1. The van der Waals surface area contributed by atoms with Crippen LogP contribution in [0.1, 0.15) is 12.8 Å². The highest BCUT2D eigenvalue weighted by atomic mass is 32.1. The van der Waals surface area contributed by atoms with E-state index in [-0.39, 0.29) is 29.9 Å². The number of alkyl halides is 3. The molecule has 31 heavy (non-hydrogen) atoms. The molecular formula is C19H24F3N5O3S. The number of benzene rings is 1. The highest BCUT2D eigenvalue weighted by Gasteiger charge is 2.31. The van der Waals surface area contributed by atoms with E-state index in [1.165, 1.54) is 17.0 Å². The second-order valence-electron chi connectivity index (χ2n) is 7.39.